The second-order valence-electron chi connectivity index (χ2n) is 14.8. The van der Waals surface area contributed by atoms with Crippen LogP contribution in [0.3, 0.4) is 0 Å². The van der Waals surface area contributed by atoms with Gasteiger partial charge in [-0.15, -0.1) is 0 Å². The number of carbonyl (C=O) groups is 3. The third-order valence-corrected chi connectivity index (χ3v) is 10.6. The summed E-state index contributed by atoms with van der Waals surface area (Å²) in [5.74, 6) is -2.36. The average Bonchev–Trinajstić information content (AvgIpc) is 3.13. The summed E-state index contributed by atoms with van der Waals surface area (Å²) in [4.78, 5) is 45.9. The molecule has 0 fully saturated rings. The van der Waals surface area contributed by atoms with E-state index >= 15 is 0 Å². The van der Waals surface area contributed by atoms with E-state index in [1.807, 2.05) is 0 Å². The Bertz CT molecular complexity index is 921. The largest absolute Gasteiger partial charge is 0.480 e. The predicted molar refractivity (Wildman–Crippen MR) is 213 cm³/mol. The van der Waals surface area contributed by atoms with Gasteiger partial charge in [-0.25, -0.2) is 4.57 Å². The van der Waals surface area contributed by atoms with Gasteiger partial charge in [0.2, 0.25) is 0 Å². The van der Waals surface area contributed by atoms with Crippen LogP contribution in [0.5, 0.6) is 0 Å². The van der Waals surface area contributed by atoms with Crippen molar-refractivity contribution >= 4 is 25.7 Å². The fourth-order valence-electron chi connectivity index (χ4n) is 6.18. The molecule has 0 radical (unpaired) electrons. The summed E-state index contributed by atoms with van der Waals surface area (Å²) in [7, 11) is -4.70. The first kappa shape index (κ1) is 51.5. The smallest absolute Gasteiger partial charge is 0.472 e. The van der Waals surface area contributed by atoms with Gasteiger partial charge in [-0.2, -0.15) is 0 Å². The maximum Gasteiger partial charge on any atom is 0.472 e. The molecule has 0 heterocycles. The summed E-state index contributed by atoms with van der Waals surface area (Å²) in [5, 5.41) is 8.87. The van der Waals surface area contributed by atoms with Crippen LogP contribution in [0.25, 0.3) is 0 Å². The lowest BCUT2D eigenvalue weighted by Gasteiger charge is -2.20. The molecule has 53 heavy (non-hydrogen) atoms. The zero-order valence-electron chi connectivity index (χ0n) is 33.9. The van der Waals surface area contributed by atoms with Crippen LogP contribution in [0.15, 0.2) is 0 Å². The number of rotatable bonds is 41. The molecule has 0 spiro atoms. The molecular formula is C41H80NO10P. The van der Waals surface area contributed by atoms with Gasteiger partial charge in [0.15, 0.2) is 6.10 Å². The van der Waals surface area contributed by atoms with E-state index in [1.165, 1.54) is 135 Å². The molecule has 0 aromatic carbocycles. The SMILES string of the molecule is CCCCCCCCCCCCCCCCCCCC(=O)OC[C@@H](COP(=O)(O)OC[C@@H](N)C(=O)O)OC(=O)CCCCCCCCCCCCCC. The van der Waals surface area contributed by atoms with E-state index in [0.29, 0.717) is 12.8 Å². The number of carbonyl (C=O) groups excluding carboxylic acids is 2. The molecule has 0 saturated carbocycles. The maximum atomic E-state index is 12.6. The highest BCUT2D eigenvalue weighted by molar-refractivity contribution is 7.47. The van der Waals surface area contributed by atoms with Gasteiger partial charge in [-0.05, 0) is 12.8 Å². The van der Waals surface area contributed by atoms with E-state index in [0.717, 1.165) is 38.5 Å². The van der Waals surface area contributed by atoms with Crippen molar-refractivity contribution in [1.29, 1.82) is 0 Å². The molecule has 0 rings (SSSR count). The minimum atomic E-state index is -4.70. The summed E-state index contributed by atoms with van der Waals surface area (Å²) in [6.45, 7) is 2.82. The van der Waals surface area contributed by atoms with Gasteiger partial charge in [-0.1, -0.05) is 187 Å². The fraction of sp³-hybridized carbons (Fsp3) is 0.927. The van der Waals surface area contributed by atoms with Gasteiger partial charge in [0, 0.05) is 12.8 Å². The highest BCUT2D eigenvalue weighted by atomic mass is 31.2. The lowest BCUT2D eigenvalue weighted by atomic mass is 10.0. The highest BCUT2D eigenvalue weighted by Gasteiger charge is 2.28. The van der Waals surface area contributed by atoms with E-state index in [4.69, 9.17) is 24.8 Å². The molecule has 0 aliphatic rings. The quantitative estimate of drug-likeness (QED) is 0.0306. The number of phosphoric acid groups is 1. The second kappa shape index (κ2) is 37.4. The van der Waals surface area contributed by atoms with E-state index < -0.39 is 51.1 Å². The third kappa shape index (κ3) is 37.2. The summed E-state index contributed by atoms with van der Waals surface area (Å²) < 4.78 is 32.7. The molecule has 1 unspecified atom stereocenters. The first-order chi connectivity index (χ1) is 25.6. The minimum Gasteiger partial charge on any atom is -0.480 e. The van der Waals surface area contributed by atoms with Crippen molar-refractivity contribution in [3.05, 3.63) is 0 Å². The number of ether oxygens (including phenoxy) is 2. The van der Waals surface area contributed by atoms with Crippen molar-refractivity contribution in [2.75, 3.05) is 19.8 Å². The molecule has 0 bridgehead atoms. The van der Waals surface area contributed by atoms with Crippen LogP contribution in [0, 0.1) is 0 Å². The lowest BCUT2D eigenvalue weighted by molar-refractivity contribution is -0.161. The Balaban J connectivity index is 4.29. The zero-order chi connectivity index (χ0) is 39.3. The first-order valence-electron chi connectivity index (χ1n) is 21.6. The second-order valence-corrected chi connectivity index (χ2v) is 16.3. The average molecular weight is 778 g/mol. The number of phosphoric ester groups is 1. The van der Waals surface area contributed by atoms with E-state index in [-0.39, 0.29) is 19.4 Å². The van der Waals surface area contributed by atoms with E-state index in [9.17, 15) is 23.8 Å². The van der Waals surface area contributed by atoms with Crippen molar-refractivity contribution in [3.8, 4) is 0 Å². The standard InChI is InChI=1S/C41H80NO10P/c1-3-5-7-9-11-13-15-17-18-19-20-21-23-24-26-28-30-32-39(43)49-34-37(35-50-53(47,48)51-36-38(42)41(45)46)52-40(44)33-31-29-27-25-22-16-14-12-10-8-6-4-2/h37-38H,3-36,42H2,1-2H3,(H,45,46)(H,47,48)/t37-,38+/m0/s1. The van der Waals surface area contributed by atoms with Crippen LogP contribution < -0.4 is 5.73 Å². The third-order valence-electron chi connectivity index (χ3n) is 9.61. The molecular weight excluding hydrogens is 697 g/mol. The summed E-state index contributed by atoms with van der Waals surface area (Å²) in [6.07, 6.45) is 34.5. The van der Waals surface area contributed by atoms with E-state index in [1.54, 1.807) is 0 Å². The number of hydrogen-bond donors (Lipinski definition) is 3. The van der Waals surface area contributed by atoms with Gasteiger partial charge in [0.1, 0.15) is 12.6 Å². The number of hydrogen-bond acceptors (Lipinski definition) is 9. The van der Waals surface area contributed by atoms with Crippen molar-refractivity contribution in [2.45, 2.75) is 225 Å². The van der Waals surface area contributed by atoms with Gasteiger partial charge in [-0.3, -0.25) is 23.4 Å². The van der Waals surface area contributed by atoms with Gasteiger partial charge in [0.05, 0.1) is 13.2 Å². The van der Waals surface area contributed by atoms with Crippen molar-refractivity contribution in [2.24, 2.45) is 5.73 Å². The van der Waals surface area contributed by atoms with E-state index in [2.05, 4.69) is 18.4 Å². The minimum absolute atomic E-state index is 0.169. The number of unbranched alkanes of at least 4 members (excludes halogenated alkanes) is 27. The van der Waals surface area contributed by atoms with Gasteiger partial charge in [0.25, 0.3) is 0 Å². The number of aliphatic carboxylic acids is 1. The molecule has 0 aromatic heterocycles. The molecule has 0 aliphatic carbocycles. The van der Waals surface area contributed by atoms with Gasteiger partial charge < -0.3 is 25.2 Å². The van der Waals surface area contributed by atoms with Gasteiger partial charge >= 0.3 is 25.7 Å². The Morgan fingerprint density at radius 3 is 1.19 bits per heavy atom. The highest BCUT2D eigenvalue weighted by Crippen LogP contribution is 2.43. The van der Waals surface area contributed by atoms with Crippen LogP contribution in [-0.4, -0.2) is 59.9 Å². The number of nitrogens with two attached hydrogens (primary N) is 1. The molecule has 11 nitrogen and oxygen atoms in total. The molecule has 3 atom stereocenters. The Morgan fingerprint density at radius 1 is 0.509 bits per heavy atom. The molecule has 314 valence electrons. The van der Waals surface area contributed by atoms with Crippen LogP contribution >= 0.6 is 7.82 Å². The lowest BCUT2D eigenvalue weighted by Crippen LogP contribution is -2.34. The Labute approximate surface area is 323 Å². The molecule has 0 aromatic rings. The Morgan fingerprint density at radius 2 is 0.830 bits per heavy atom. The maximum absolute atomic E-state index is 12.6. The van der Waals surface area contributed by atoms with Crippen LogP contribution in [0.2, 0.25) is 0 Å². The van der Waals surface area contributed by atoms with Crippen LogP contribution in [0.4, 0.5) is 0 Å². The normalized spacial score (nSPS) is 13.7. The molecule has 0 amide bonds. The van der Waals surface area contributed by atoms with Crippen molar-refractivity contribution < 1.29 is 47.5 Å². The van der Waals surface area contributed by atoms with Crippen molar-refractivity contribution in [3.63, 3.8) is 0 Å². The topological polar surface area (TPSA) is 172 Å². The number of carboxylic acids is 1. The zero-order valence-corrected chi connectivity index (χ0v) is 34.8. The van der Waals surface area contributed by atoms with Crippen LogP contribution in [0.1, 0.15) is 213 Å². The molecule has 12 heteroatoms. The molecule has 4 N–H and O–H groups in total. The Hall–Kier alpha value is -1.52. The summed E-state index contributed by atoms with van der Waals surface area (Å²) >= 11 is 0. The monoisotopic (exact) mass is 778 g/mol. The number of esters is 2. The number of carboxylic acid groups (broad SMARTS) is 1. The van der Waals surface area contributed by atoms with Crippen molar-refractivity contribution in [1.82, 2.24) is 0 Å². The molecule has 0 aliphatic heterocycles. The van der Waals surface area contributed by atoms with Crippen LogP contribution in [-0.2, 0) is 37.5 Å². The predicted octanol–water partition coefficient (Wildman–Crippen LogP) is 11.1. The summed E-state index contributed by atoms with van der Waals surface area (Å²) in [6, 6.07) is -1.52. The Kier molecular flexibility index (Phi) is 36.3. The first-order valence-corrected chi connectivity index (χ1v) is 23.1. The molecule has 0 saturated heterocycles. The summed E-state index contributed by atoms with van der Waals surface area (Å²) in [5.41, 5.74) is 5.33. The fourth-order valence-corrected chi connectivity index (χ4v) is 6.96.